The maximum absolute atomic E-state index is 11.8. The van der Waals surface area contributed by atoms with E-state index in [1.165, 1.54) is 0 Å². The molecule has 0 radical (unpaired) electrons. The summed E-state index contributed by atoms with van der Waals surface area (Å²) in [5.74, 6) is 0.946. The average Bonchev–Trinajstić information content (AvgIpc) is 2.46. The molecular weight excluding hydrogens is 254 g/mol. The van der Waals surface area contributed by atoms with Gasteiger partial charge in [0, 0.05) is 19.1 Å². The van der Waals surface area contributed by atoms with Gasteiger partial charge in [0.1, 0.15) is 5.75 Å². The summed E-state index contributed by atoms with van der Waals surface area (Å²) in [5.41, 5.74) is 1.12. The van der Waals surface area contributed by atoms with Crippen LogP contribution in [-0.4, -0.2) is 30.3 Å². The van der Waals surface area contributed by atoms with E-state index < -0.39 is 0 Å². The number of benzene rings is 1. The third-order valence-electron chi connectivity index (χ3n) is 3.41. The number of aliphatic hydroxyl groups is 1. The van der Waals surface area contributed by atoms with Crippen molar-refractivity contribution in [3.63, 3.8) is 0 Å². The van der Waals surface area contributed by atoms with Crippen LogP contribution in [0.5, 0.6) is 5.75 Å². The molecule has 1 aromatic carbocycles. The highest BCUT2D eigenvalue weighted by Gasteiger charge is 2.13. The smallest absolute Gasteiger partial charge is 0.220 e. The average molecular weight is 279 g/mol. The number of carbonyl (C=O) groups excluding carboxylic acids is 1. The number of aryl methyl sites for hydroxylation is 1. The van der Waals surface area contributed by atoms with E-state index in [0.29, 0.717) is 19.4 Å². The van der Waals surface area contributed by atoms with Crippen LogP contribution in [0.15, 0.2) is 24.3 Å². The van der Waals surface area contributed by atoms with Crippen molar-refractivity contribution >= 4 is 5.91 Å². The van der Waals surface area contributed by atoms with Crippen LogP contribution in [0, 0.1) is 5.92 Å². The molecule has 0 saturated heterocycles. The van der Waals surface area contributed by atoms with Crippen LogP contribution >= 0.6 is 0 Å². The highest BCUT2D eigenvalue weighted by atomic mass is 16.5. The molecule has 20 heavy (non-hydrogen) atoms. The van der Waals surface area contributed by atoms with Gasteiger partial charge in [-0.1, -0.05) is 19.1 Å². The zero-order valence-electron chi connectivity index (χ0n) is 12.6. The van der Waals surface area contributed by atoms with Crippen LogP contribution in [0.3, 0.4) is 0 Å². The molecule has 0 aromatic heterocycles. The number of nitrogens with one attached hydrogen (secondary N) is 1. The highest BCUT2D eigenvalue weighted by molar-refractivity contribution is 5.76. The van der Waals surface area contributed by atoms with E-state index in [4.69, 9.17) is 9.84 Å². The third kappa shape index (κ3) is 5.61. The lowest BCUT2D eigenvalue weighted by atomic mass is 10.0. The lowest BCUT2D eigenvalue weighted by Crippen LogP contribution is -2.38. The summed E-state index contributed by atoms with van der Waals surface area (Å²) in [5, 5.41) is 11.9. The Bertz CT molecular complexity index is 403. The Kier molecular flexibility index (Phi) is 7.09. The van der Waals surface area contributed by atoms with Gasteiger partial charge in [0.2, 0.25) is 5.91 Å². The molecule has 1 rings (SSSR count). The van der Waals surface area contributed by atoms with Gasteiger partial charge in [0.25, 0.3) is 0 Å². The van der Waals surface area contributed by atoms with Crippen molar-refractivity contribution in [2.45, 2.75) is 39.7 Å². The molecule has 0 spiro atoms. The van der Waals surface area contributed by atoms with Gasteiger partial charge in [-0.05, 0) is 43.9 Å². The maximum Gasteiger partial charge on any atom is 0.220 e. The molecule has 2 N–H and O–H groups in total. The highest BCUT2D eigenvalue weighted by Crippen LogP contribution is 2.13. The summed E-state index contributed by atoms with van der Waals surface area (Å²) >= 11 is 0. The summed E-state index contributed by atoms with van der Waals surface area (Å²) in [6.07, 6.45) is 1.16. The molecule has 0 aliphatic rings. The summed E-state index contributed by atoms with van der Waals surface area (Å²) in [4.78, 5) is 11.8. The first-order chi connectivity index (χ1) is 9.56. The number of ether oxygens (including phenoxy) is 1. The topological polar surface area (TPSA) is 58.6 Å². The molecule has 0 aliphatic carbocycles. The fourth-order valence-electron chi connectivity index (χ4n) is 1.80. The zero-order chi connectivity index (χ0) is 15.0. The lowest BCUT2D eigenvalue weighted by molar-refractivity contribution is -0.122. The van der Waals surface area contributed by atoms with Gasteiger partial charge in [0.15, 0.2) is 0 Å². The van der Waals surface area contributed by atoms with Gasteiger partial charge in [-0.3, -0.25) is 4.79 Å². The Morgan fingerprint density at radius 3 is 2.50 bits per heavy atom. The van der Waals surface area contributed by atoms with Crippen molar-refractivity contribution < 1.29 is 14.6 Å². The first-order valence-corrected chi connectivity index (χ1v) is 7.18. The van der Waals surface area contributed by atoms with Crippen LogP contribution in [0.2, 0.25) is 0 Å². The van der Waals surface area contributed by atoms with Gasteiger partial charge >= 0.3 is 0 Å². The van der Waals surface area contributed by atoms with E-state index in [1.807, 2.05) is 45.0 Å². The number of carbonyl (C=O) groups is 1. The van der Waals surface area contributed by atoms with Gasteiger partial charge in [0.05, 0.1) is 6.61 Å². The number of hydrogen-bond acceptors (Lipinski definition) is 3. The molecule has 112 valence electrons. The Balaban J connectivity index is 2.37. The number of amides is 1. The monoisotopic (exact) mass is 279 g/mol. The summed E-state index contributed by atoms with van der Waals surface area (Å²) in [6.45, 7) is 6.52. The molecule has 0 bridgehead atoms. The van der Waals surface area contributed by atoms with E-state index in [9.17, 15) is 4.79 Å². The molecule has 2 atom stereocenters. The van der Waals surface area contributed by atoms with Crippen molar-refractivity contribution in [3.05, 3.63) is 29.8 Å². The van der Waals surface area contributed by atoms with Crippen molar-refractivity contribution in [1.29, 1.82) is 0 Å². The molecule has 1 aromatic rings. The maximum atomic E-state index is 11.8. The molecule has 2 unspecified atom stereocenters. The molecule has 0 saturated carbocycles. The second kappa shape index (κ2) is 8.59. The van der Waals surface area contributed by atoms with Crippen LogP contribution in [0.25, 0.3) is 0 Å². The molecular formula is C16H25NO3. The van der Waals surface area contributed by atoms with E-state index >= 15 is 0 Å². The first-order valence-electron chi connectivity index (χ1n) is 7.18. The lowest BCUT2D eigenvalue weighted by Gasteiger charge is -2.19. The van der Waals surface area contributed by atoms with E-state index in [0.717, 1.165) is 11.3 Å². The SMILES string of the molecule is CCOc1ccc(CCC(=O)NC(C)C(C)CO)cc1. The quantitative estimate of drug-likeness (QED) is 0.766. The molecule has 0 heterocycles. The molecule has 4 nitrogen and oxygen atoms in total. The second-order valence-corrected chi connectivity index (χ2v) is 5.09. The minimum Gasteiger partial charge on any atom is -0.494 e. The van der Waals surface area contributed by atoms with E-state index in [2.05, 4.69) is 5.32 Å². The summed E-state index contributed by atoms with van der Waals surface area (Å²) < 4.78 is 5.37. The summed E-state index contributed by atoms with van der Waals surface area (Å²) in [7, 11) is 0. The van der Waals surface area contributed by atoms with Crippen molar-refractivity contribution in [3.8, 4) is 5.75 Å². The van der Waals surface area contributed by atoms with Crippen LogP contribution in [0.4, 0.5) is 0 Å². The number of hydrogen-bond donors (Lipinski definition) is 2. The predicted molar refractivity (Wildman–Crippen MR) is 79.8 cm³/mol. The van der Waals surface area contributed by atoms with Crippen molar-refractivity contribution in [1.82, 2.24) is 5.32 Å². The molecule has 0 aliphatic heterocycles. The zero-order valence-corrected chi connectivity index (χ0v) is 12.6. The second-order valence-electron chi connectivity index (χ2n) is 5.09. The molecule has 0 fully saturated rings. The van der Waals surface area contributed by atoms with Gasteiger partial charge in [-0.15, -0.1) is 0 Å². The van der Waals surface area contributed by atoms with Crippen molar-refractivity contribution in [2.24, 2.45) is 5.92 Å². The normalized spacial score (nSPS) is 13.6. The van der Waals surface area contributed by atoms with Gasteiger partial charge in [-0.25, -0.2) is 0 Å². The Hall–Kier alpha value is -1.55. The Morgan fingerprint density at radius 2 is 1.95 bits per heavy atom. The minimum atomic E-state index is -0.00664. The first kappa shape index (κ1) is 16.5. The Morgan fingerprint density at radius 1 is 1.30 bits per heavy atom. The Labute approximate surface area is 121 Å². The summed E-state index contributed by atoms with van der Waals surface area (Å²) in [6, 6.07) is 7.81. The number of aliphatic hydroxyl groups excluding tert-OH is 1. The van der Waals surface area contributed by atoms with Gasteiger partial charge in [-0.2, -0.15) is 0 Å². The molecule has 1 amide bonds. The van der Waals surface area contributed by atoms with Gasteiger partial charge < -0.3 is 15.2 Å². The molecule has 4 heteroatoms. The minimum absolute atomic E-state index is 0.00664. The van der Waals surface area contributed by atoms with E-state index in [-0.39, 0.29) is 24.5 Å². The van der Waals surface area contributed by atoms with Crippen LogP contribution < -0.4 is 10.1 Å². The number of rotatable bonds is 8. The standard InChI is InChI=1S/C16H25NO3/c1-4-20-15-8-5-14(6-9-15)7-10-16(19)17-13(3)12(2)11-18/h5-6,8-9,12-13,18H,4,7,10-11H2,1-3H3,(H,17,19). The van der Waals surface area contributed by atoms with Crippen molar-refractivity contribution in [2.75, 3.05) is 13.2 Å². The largest absolute Gasteiger partial charge is 0.494 e. The third-order valence-corrected chi connectivity index (χ3v) is 3.41. The van der Waals surface area contributed by atoms with E-state index in [1.54, 1.807) is 0 Å². The predicted octanol–water partition coefficient (Wildman–Crippen LogP) is 2.15. The van der Waals surface area contributed by atoms with Crippen LogP contribution in [-0.2, 0) is 11.2 Å². The fourth-order valence-corrected chi connectivity index (χ4v) is 1.80. The fraction of sp³-hybridized carbons (Fsp3) is 0.562. The van der Waals surface area contributed by atoms with Crippen LogP contribution in [0.1, 0.15) is 32.8 Å².